The highest BCUT2D eigenvalue weighted by molar-refractivity contribution is 9.10. The molecule has 0 aliphatic carbocycles. The molecule has 2 aliphatic rings. The van der Waals surface area contributed by atoms with Crippen LogP contribution in [0.5, 0.6) is 0 Å². The number of nitrogens with zero attached hydrogens (tertiary/aromatic N) is 7. The van der Waals surface area contributed by atoms with E-state index in [4.69, 9.17) is 4.74 Å². The maximum Gasteiger partial charge on any atom is 0.417 e. The van der Waals surface area contributed by atoms with Crippen LogP contribution in [-0.4, -0.2) is 72.1 Å². The molecule has 2 aromatic carbocycles. The van der Waals surface area contributed by atoms with Crippen molar-refractivity contribution in [2.24, 2.45) is 0 Å². The van der Waals surface area contributed by atoms with Gasteiger partial charge in [-0.25, -0.2) is 23.1 Å². The lowest BCUT2D eigenvalue weighted by molar-refractivity contribution is -0.137. The Morgan fingerprint density at radius 1 is 1.04 bits per heavy atom. The first-order valence-electron chi connectivity index (χ1n) is 15.0. The number of aromatic nitrogens is 5. The number of amides is 1. The topological polar surface area (TPSA) is 98.4 Å². The van der Waals surface area contributed by atoms with E-state index < -0.39 is 70.0 Å². The standard InChI is InChI=1S/C31H31BrF5N7O3S/c1-15-11-41(12-16(2)44(15)29(46)47-30(3,4)5)27-19-8-20(31(35,36)37)24(18-9-21(32)23(34)10-22(18)33)26-25(19)42(28(45)39-27)13-17(14-48-26)43-7-6-38-40-43/h6-10,15-17H,11-14H2,1-5H3/t15-,16+,17-/m0/s1. The fraction of sp³-hybridized carbons (Fsp3) is 0.452. The van der Waals surface area contributed by atoms with E-state index in [1.807, 2.05) is 0 Å². The van der Waals surface area contributed by atoms with Gasteiger partial charge in [0.05, 0.1) is 46.4 Å². The Morgan fingerprint density at radius 2 is 1.73 bits per heavy atom. The highest BCUT2D eigenvalue weighted by Gasteiger charge is 2.41. The number of anilines is 1. The third kappa shape index (κ3) is 6.26. The van der Waals surface area contributed by atoms with E-state index in [0.29, 0.717) is 6.07 Å². The predicted molar refractivity (Wildman–Crippen MR) is 173 cm³/mol. The summed E-state index contributed by atoms with van der Waals surface area (Å²) in [7, 11) is 0. The molecule has 48 heavy (non-hydrogen) atoms. The van der Waals surface area contributed by atoms with Gasteiger partial charge in [0.25, 0.3) is 0 Å². The quantitative estimate of drug-likeness (QED) is 0.165. The van der Waals surface area contributed by atoms with Gasteiger partial charge in [0.2, 0.25) is 0 Å². The lowest BCUT2D eigenvalue weighted by atomic mass is 9.95. The van der Waals surface area contributed by atoms with Gasteiger partial charge in [-0.05, 0) is 62.7 Å². The number of benzene rings is 2. The Morgan fingerprint density at radius 3 is 2.33 bits per heavy atom. The molecular weight excluding hydrogens is 725 g/mol. The Labute approximate surface area is 284 Å². The molecule has 0 bridgehead atoms. The second-order valence-electron chi connectivity index (χ2n) is 12.9. The van der Waals surface area contributed by atoms with Crippen LogP contribution in [0.15, 0.2) is 44.8 Å². The molecule has 0 spiro atoms. The van der Waals surface area contributed by atoms with Gasteiger partial charge in [-0.2, -0.15) is 18.2 Å². The SMILES string of the molecule is C[C@@H]1CN(c2nc(=O)n3c4c(c(-c5cc(Br)c(F)cc5F)c(C(F)(F)F)cc24)SC[C@@H](n2ccnn2)C3)C[C@H](C)N1C(=O)OC(C)(C)C. The van der Waals surface area contributed by atoms with Crippen LogP contribution in [0.3, 0.4) is 0 Å². The van der Waals surface area contributed by atoms with Crippen LogP contribution < -0.4 is 10.6 Å². The second-order valence-corrected chi connectivity index (χ2v) is 14.8. The average molecular weight is 757 g/mol. The van der Waals surface area contributed by atoms with Crippen LogP contribution in [0.25, 0.3) is 22.0 Å². The molecule has 0 radical (unpaired) electrons. The molecule has 17 heteroatoms. The third-order valence-electron chi connectivity index (χ3n) is 8.23. The zero-order valence-corrected chi connectivity index (χ0v) is 28.9. The van der Waals surface area contributed by atoms with Crippen LogP contribution >= 0.6 is 27.7 Å². The van der Waals surface area contributed by atoms with Crippen molar-refractivity contribution in [2.45, 2.75) is 76.0 Å². The Hall–Kier alpha value is -3.73. The molecule has 2 aromatic heterocycles. The molecule has 3 atom stereocenters. The Bertz CT molecular complexity index is 1950. The lowest BCUT2D eigenvalue weighted by Gasteiger charge is -2.45. The van der Waals surface area contributed by atoms with Crippen LogP contribution in [-0.2, 0) is 17.5 Å². The molecule has 256 valence electrons. The minimum Gasteiger partial charge on any atom is -0.444 e. The second kappa shape index (κ2) is 12.3. The van der Waals surface area contributed by atoms with Gasteiger partial charge < -0.3 is 9.64 Å². The molecule has 1 saturated heterocycles. The fourth-order valence-corrected chi connectivity index (χ4v) is 8.02. The van der Waals surface area contributed by atoms with Crippen LogP contribution in [0.1, 0.15) is 46.2 Å². The summed E-state index contributed by atoms with van der Waals surface area (Å²) in [4.78, 5) is 34.6. The van der Waals surface area contributed by atoms with Gasteiger partial charge in [-0.3, -0.25) is 9.47 Å². The van der Waals surface area contributed by atoms with E-state index in [-0.39, 0.29) is 51.5 Å². The summed E-state index contributed by atoms with van der Waals surface area (Å²) in [5.41, 5.74) is -3.51. The summed E-state index contributed by atoms with van der Waals surface area (Å²) < 4.78 is 83.1. The molecule has 1 fully saturated rings. The number of piperazine rings is 1. The number of alkyl halides is 3. The van der Waals surface area contributed by atoms with Gasteiger partial charge >= 0.3 is 18.0 Å². The summed E-state index contributed by atoms with van der Waals surface area (Å²) in [6, 6.07) is 0.931. The van der Waals surface area contributed by atoms with E-state index in [2.05, 4.69) is 31.2 Å². The lowest BCUT2D eigenvalue weighted by Crippen LogP contribution is -2.59. The zero-order chi connectivity index (χ0) is 34.9. The first kappa shape index (κ1) is 34.1. The smallest absolute Gasteiger partial charge is 0.417 e. The van der Waals surface area contributed by atoms with Gasteiger partial charge in [0.15, 0.2) is 0 Å². The van der Waals surface area contributed by atoms with Gasteiger partial charge in [0.1, 0.15) is 23.1 Å². The molecule has 10 nitrogen and oxygen atoms in total. The summed E-state index contributed by atoms with van der Waals surface area (Å²) >= 11 is 4.00. The minimum absolute atomic E-state index is 0.00548. The van der Waals surface area contributed by atoms with E-state index >= 15 is 17.6 Å². The van der Waals surface area contributed by atoms with Crippen LogP contribution in [0.2, 0.25) is 0 Å². The number of ether oxygens (including phenoxy) is 1. The van der Waals surface area contributed by atoms with Crippen molar-refractivity contribution in [1.82, 2.24) is 29.4 Å². The van der Waals surface area contributed by atoms with Crippen LogP contribution in [0.4, 0.5) is 32.6 Å². The molecular formula is C31H31BrF5N7O3S. The highest BCUT2D eigenvalue weighted by Crippen LogP contribution is 2.50. The van der Waals surface area contributed by atoms with Crippen molar-refractivity contribution in [3.05, 3.63) is 62.7 Å². The molecule has 4 aromatic rings. The zero-order valence-electron chi connectivity index (χ0n) is 26.5. The first-order chi connectivity index (χ1) is 22.4. The van der Waals surface area contributed by atoms with E-state index in [0.717, 1.165) is 23.9 Å². The van der Waals surface area contributed by atoms with Gasteiger partial charge in [-0.1, -0.05) is 5.21 Å². The molecule has 4 heterocycles. The minimum atomic E-state index is -4.99. The number of rotatable bonds is 3. The Balaban J connectivity index is 1.59. The number of hydrogen-bond donors (Lipinski definition) is 0. The molecule has 0 N–H and O–H groups in total. The fourth-order valence-electron chi connectivity index (χ4n) is 6.33. The number of thioether (sulfide) groups is 1. The number of carbonyl (C=O) groups excluding carboxylic acids is 1. The predicted octanol–water partition coefficient (Wildman–Crippen LogP) is 6.90. The molecule has 1 amide bonds. The largest absolute Gasteiger partial charge is 0.444 e. The molecule has 0 unspecified atom stereocenters. The Kier molecular flexibility index (Phi) is 8.75. The summed E-state index contributed by atoms with van der Waals surface area (Å²) in [6.07, 6.45) is -2.49. The average Bonchev–Trinajstić information content (AvgIpc) is 3.43. The highest BCUT2D eigenvalue weighted by atomic mass is 79.9. The van der Waals surface area contributed by atoms with E-state index in [9.17, 15) is 14.0 Å². The van der Waals surface area contributed by atoms with Crippen molar-refractivity contribution in [3.63, 3.8) is 0 Å². The molecule has 6 rings (SSSR count). The third-order valence-corrected chi connectivity index (χ3v) is 10.1. The van der Waals surface area contributed by atoms with E-state index in [1.165, 1.54) is 15.4 Å². The molecule has 2 aliphatic heterocycles. The number of carbonyl (C=O) groups is 1. The summed E-state index contributed by atoms with van der Waals surface area (Å²) in [5, 5.41) is 7.90. The normalized spacial score (nSPS) is 20.3. The maximum absolute atomic E-state index is 15.5. The summed E-state index contributed by atoms with van der Waals surface area (Å²) in [5.74, 6) is -2.02. The van der Waals surface area contributed by atoms with Crippen molar-refractivity contribution in [3.8, 4) is 11.1 Å². The van der Waals surface area contributed by atoms with Crippen molar-refractivity contribution in [2.75, 3.05) is 23.7 Å². The van der Waals surface area contributed by atoms with Crippen molar-refractivity contribution >= 4 is 50.5 Å². The van der Waals surface area contributed by atoms with Gasteiger partial charge in [-0.15, -0.1) is 16.9 Å². The number of halogens is 6. The van der Waals surface area contributed by atoms with E-state index in [1.54, 1.807) is 50.6 Å². The molecule has 0 saturated carbocycles. The van der Waals surface area contributed by atoms with Crippen molar-refractivity contribution < 1.29 is 31.5 Å². The van der Waals surface area contributed by atoms with Crippen molar-refractivity contribution in [1.29, 1.82) is 0 Å². The summed E-state index contributed by atoms with van der Waals surface area (Å²) in [6.45, 7) is 9.08. The van der Waals surface area contributed by atoms with Gasteiger partial charge in [0, 0.05) is 52.5 Å². The monoisotopic (exact) mass is 755 g/mol. The number of hydrogen-bond acceptors (Lipinski definition) is 8. The first-order valence-corrected chi connectivity index (χ1v) is 16.8. The maximum atomic E-state index is 15.5. The van der Waals surface area contributed by atoms with Crippen LogP contribution in [0, 0.1) is 11.6 Å².